The molecule has 5 N–H and O–H groups in total. The maximum absolute atomic E-state index is 11.9. The predicted octanol–water partition coefficient (Wildman–Crippen LogP) is 0.402. The standard InChI is InChI=1S/C13H18N4O2/c14-11-4-3-9(7-10(11)13(15)19)16-8-12(18)17-5-1-2-6-17/h3-4,7,16H,1-2,5-6,8,14H2,(H2,15,19). The van der Waals surface area contributed by atoms with Crippen LogP contribution in [-0.2, 0) is 4.79 Å². The maximum Gasteiger partial charge on any atom is 0.250 e. The molecule has 0 unspecified atom stereocenters. The van der Waals surface area contributed by atoms with Gasteiger partial charge in [-0.25, -0.2) is 0 Å². The first-order valence-electron chi connectivity index (χ1n) is 6.29. The molecule has 6 nitrogen and oxygen atoms in total. The number of likely N-dealkylation sites (tertiary alicyclic amines) is 1. The van der Waals surface area contributed by atoms with Crippen LogP contribution in [-0.4, -0.2) is 36.3 Å². The number of nitrogens with zero attached hydrogens (tertiary/aromatic N) is 1. The van der Waals surface area contributed by atoms with Gasteiger partial charge in [0.2, 0.25) is 5.91 Å². The number of nitrogens with two attached hydrogens (primary N) is 2. The van der Waals surface area contributed by atoms with E-state index in [1.807, 2.05) is 4.90 Å². The molecule has 1 aromatic carbocycles. The zero-order chi connectivity index (χ0) is 13.8. The fourth-order valence-corrected chi connectivity index (χ4v) is 2.14. The topological polar surface area (TPSA) is 101 Å². The lowest BCUT2D eigenvalue weighted by atomic mass is 10.1. The minimum absolute atomic E-state index is 0.0648. The number of rotatable bonds is 4. The van der Waals surface area contributed by atoms with Gasteiger partial charge in [0.05, 0.1) is 12.1 Å². The van der Waals surface area contributed by atoms with E-state index in [0.717, 1.165) is 25.9 Å². The van der Waals surface area contributed by atoms with Crippen molar-refractivity contribution in [2.24, 2.45) is 5.73 Å². The van der Waals surface area contributed by atoms with Crippen LogP contribution >= 0.6 is 0 Å². The first-order chi connectivity index (χ1) is 9.08. The Hall–Kier alpha value is -2.24. The molecule has 1 aliphatic heterocycles. The van der Waals surface area contributed by atoms with Gasteiger partial charge in [0, 0.05) is 24.5 Å². The second-order valence-electron chi connectivity index (χ2n) is 4.61. The summed E-state index contributed by atoms with van der Waals surface area (Å²) in [5.41, 5.74) is 12.1. The molecule has 6 heteroatoms. The minimum Gasteiger partial charge on any atom is -0.398 e. The zero-order valence-corrected chi connectivity index (χ0v) is 10.7. The van der Waals surface area contributed by atoms with Gasteiger partial charge in [-0.05, 0) is 31.0 Å². The number of primary amides is 1. The Morgan fingerprint density at radius 3 is 2.58 bits per heavy atom. The van der Waals surface area contributed by atoms with E-state index in [1.54, 1.807) is 18.2 Å². The molecule has 1 aliphatic rings. The lowest BCUT2D eigenvalue weighted by molar-refractivity contribution is -0.128. The monoisotopic (exact) mass is 262 g/mol. The molecule has 1 fully saturated rings. The summed E-state index contributed by atoms with van der Waals surface area (Å²) in [5.74, 6) is -0.512. The number of anilines is 2. The Kier molecular flexibility index (Phi) is 3.89. The molecule has 0 spiro atoms. The summed E-state index contributed by atoms with van der Waals surface area (Å²) in [7, 11) is 0. The number of hydrogen-bond acceptors (Lipinski definition) is 4. The zero-order valence-electron chi connectivity index (χ0n) is 10.7. The van der Waals surface area contributed by atoms with E-state index in [2.05, 4.69) is 5.32 Å². The Labute approximate surface area is 111 Å². The summed E-state index contributed by atoms with van der Waals surface area (Å²) in [4.78, 5) is 24.8. The van der Waals surface area contributed by atoms with Gasteiger partial charge in [0.1, 0.15) is 0 Å². The van der Waals surface area contributed by atoms with Crippen LogP contribution in [0, 0.1) is 0 Å². The Bertz CT molecular complexity index is 495. The highest BCUT2D eigenvalue weighted by atomic mass is 16.2. The van der Waals surface area contributed by atoms with E-state index in [-0.39, 0.29) is 18.0 Å². The van der Waals surface area contributed by atoms with Crippen molar-refractivity contribution in [3.63, 3.8) is 0 Å². The molecule has 1 saturated heterocycles. The van der Waals surface area contributed by atoms with E-state index < -0.39 is 5.91 Å². The van der Waals surface area contributed by atoms with Crippen LogP contribution in [0.15, 0.2) is 18.2 Å². The number of nitrogen functional groups attached to an aromatic ring is 1. The van der Waals surface area contributed by atoms with E-state index in [1.165, 1.54) is 0 Å². The molecular formula is C13H18N4O2. The van der Waals surface area contributed by atoms with Crippen molar-refractivity contribution in [2.75, 3.05) is 30.7 Å². The molecule has 1 aromatic rings. The van der Waals surface area contributed by atoms with Gasteiger partial charge in [-0.15, -0.1) is 0 Å². The van der Waals surface area contributed by atoms with Crippen molar-refractivity contribution >= 4 is 23.2 Å². The van der Waals surface area contributed by atoms with Gasteiger partial charge >= 0.3 is 0 Å². The van der Waals surface area contributed by atoms with Crippen LogP contribution in [0.4, 0.5) is 11.4 Å². The lowest BCUT2D eigenvalue weighted by Crippen LogP contribution is -2.33. The van der Waals surface area contributed by atoms with Gasteiger partial charge in [0.25, 0.3) is 5.91 Å². The third-order valence-corrected chi connectivity index (χ3v) is 3.22. The summed E-state index contributed by atoms with van der Waals surface area (Å²) >= 11 is 0. The van der Waals surface area contributed by atoms with Crippen LogP contribution in [0.2, 0.25) is 0 Å². The Morgan fingerprint density at radius 1 is 1.26 bits per heavy atom. The van der Waals surface area contributed by atoms with Gasteiger partial charge in [-0.2, -0.15) is 0 Å². The van der Waals surface area contributed by atoms with Crippen molar-refractivity contribution in [1.82, 2.24) is 4.90 Å². The fraction of sp³-hybridized carbons (Fsp3) is 0.385. The van der Waals surface area contributed by atoms with E-state index >= 15 is 0 Å². The second-order valence-corrected chi connectivity index (χ2v) is 4.61. The normalized spacial score (nSPS) is 14.4. The summed E-state index contributed by atoms with van der Waals surface area (Å²) in [6.45, 7) is 1.87. The number of amides is 2. The molecule has 0 bridgehead atoms. The molecule has 0 aromatic heterocycles. The van der Waals surface area contributed by atoms with Crippen LogP contribution in [0.25, 0.3) is 0 Å². The third-order valence-electron chi connectivity index (χ3n) is 3.22. The fourth-order valence-electron chi connectivity index (χ4n) is 2.14. The van der Waals surface area contributed by atoms with Gasteiger partial charge in [-0.3, -0.25) is 9.59 Å². The average Bonchev–Trinajstić information content (AvgIpc) is 2.91. The molecule has 1 heterocycles. The van der Waals surface area contributed by atoms with Crippen molar-refractivity contribution in [2.45, 2.75) is 12.8 Å². The van der Waals surface area contributed by atoms with Crippen LogP contribution in [0.1, 0.15) is 23.2 Å². The largest absolute Gasteiger partial charge is 0.398 e. The minimum atomic E-state index is -0.577. The Balaban J connectivity index is 1.97. The Morgan fingerprint density at radius 2 is 1.95 bits per heavy atom. The van der Waals surface area contributed by atoms with Crippen LogP contribution in [0.5, 0.6) is 0 Å². The quantitative estimate of drug-likeness (QED) is 0.684. The first kappa shape index (κ1) is 13.2. The molecule has 0 saturated carbocycles. The number of hydrogen-bond donors (Lipinski definition) is 3. The predicted molar refractivity (Wildman–Crippen MR) is 73.7 cm³/mol. The molecule has 0 radical (unpaired) electrons. The molecule has 19 heavy (non-hydrogen) atoms. The number of carbonyl (C=O) groups is 2. The summed E-state index contributed by atoms with van der Waals surface area (Å²) < 4.78 is 0. The average molecular weight is 262 g/mol. The third kappa shape index (κ3) is 3.15. The van der Waals surface area contributed by atoms with E-state index in [9.17, 15) is 9.59 Å². The van der Waals surface area contributed by atoms with Crippen LogP contribution < -0.4 is 16.8 Å². The number of nitrogens with one attached hydrogen (secondary N) is 1. The van der Waals surface area contributed by atoms with Crippen molar-refractivity contribution in [3.8, 4) is 0 Å². The molecule has 2 rings (SSSR count). The number of benzene rings is 1. The summed E-state index contributed by atoms with van der Waals surface area (Å²) in [6.07, 6.45) is 2.14. The molecular weight excluding hydrogens is 244 g/mol. The van der Waals surface area contributed by atoms with Gasteiger partial charge in [-0.1, -0.05) is 0 Å². The van der Waals surface area contributed by atoms with Gasteiger partial charge in [0.15, 0.2) is 0 Å². The smallest absolute Gasteiger partial charge is 0.250 e. The highest BCUT2D eigenvalue weighted by Crippen LogP contribution is 2.17. The maximum atomic E-state index is 11.9. The van der Waals surface area contributed by atoms with Crippen molar-refractivity contribution in [3.05, 3.63) is 23.8 Å². The SMILES string of the molecule is NC(=O)c1cc(NCC(=O)N2CCCC2)ccc1N. The highest BCUT2D eigenvalue weighted by molar-refractivity contribution is 5.99. The molecule has 2 amide bonds. The first-order valence-corrected chi connectivity index (χ1v) is 6.29. The molecule has 0 atom stereocenters. The summed E-state index contributed by atoms with van der Waals surface area (Å²) in [5, 5.41) is 2.99. The molecule has 102 valence electrons. The summed E-state index contributed by atoms with van der Waals surface area (Å²) in [6, 6.07) is 4.89. The van der Waals surface area contributed by atoms with Crippen LogP contribution in [0.3, 0.4) is 0 Å². The highest BCUT2D eigenvalue weighted by Gasteiger charge is 2.17. The van der Waals surface area contributed by atoms with Crippen molar-refractivity contribution < 1.29 is 9.59 Å². The van der Waals surface area contributed by atoms with E-state index in [4.69, 9.17) is 11.5 Å². The lowest BCUT2D eigenvalue weighted by Gasteiger charge is -2.16. The van der Waals surface area contributed by atoms with Gasteiger partial charge < -0.3 is 21.7 Å². The second kappa shape index (κ2) is 5.60. The molecule has 0 aliphatic carbocycles. The van der Waals surface area contributed by atoms with E-state index in [0.29, 0.717) is 11.4 Å². The van der Waals surface area contributed by atoms with Crippen molar-refractivity contribution in [1.29, 1.82) is 0 Å². The number of carbonyl (C=O) groups excluding carboxylic acids is 2.